The molecule has 0 radical (unpaired) electrons. The Morgan fingerprint density at radius 1 is 1.22 bits per heavy atom. The summed E-state index contributed by atoms with van der Waals surface area (Å²) in [4.78, 5) is 24.5. The zero-order valence-electron chi connectivity index (χ0n) is 12.8. The number of ether oxygens (including phenoxy) is 1. The van der Waals surface area contributed by atoms with Crippen molar-refractivity contribution in [3.8, 4) is 11.1 Å². The highest BCUT2D eigenvalue weighted by Gasteiger charge is 2.68. The minimum atomic E-state index is -0.730. The number of rotatable bonds is 3. The van der Waals surface area contributed by atoms with E-state index in [2.05, 4.69) is 5.32 Å². The molecule has 116 valence electrons. The molecule has 0 saturated heterocycles. The monoisotopic (exact) mass is 307 g/mol. The zero-order valence-corrected chi connectivity index (χ0v) is 12.8. The van der Waals surface area contributed by atoms with Crippen LogP contribution in [-0.2, 0) is 19.7 Å². The molecule has 2 aromatic rings. The van der Waals surface area contributed by atoms with E-state index < -0.39 is 5.41 Å². The van der Waals surface area contributed by atoms with E-state index in [1.165, 1.54) is 0 Å². The summed E-state index contributed by atoms with van der Waals surface area (Å²) < 4.78 is 5.11. The van der Waals surface area contributed by atoms with Gasteiger partial charge in [-0.2, -0.15) is 0 Å². The number of carbonyl (C=O) groups excluding carboxylic acids is 2. The van der Waals surface area contributed by atoms with E-state index in [0.717, 1.165) is 22.4 Å². The predicted molar refractivity (Wildman–Crippen MR) is 86.9 cm³/mol. The van der Waals surface area contributed by atoms with Gasteiger partial charge >= 0.3 is 5.97 Å². The minimum absolute atomic E-state index is 0.0873. The molecule has 2 aromatic carbocycles. The minimum Gasteiger partial charge on any atom is -0.466 e. The fourth-order valence-corrected chi connectivity index (χ4v) is 3.53. The van der Waals surface area contributed by atoms with Crippen LogP contribution in [0, 0.1) is 5.92 Å². The highest BCUT2D eigenvalue weighted by Crippen LogP contribution is 2.60. The molecule has 1 N–H and O–H groups in total. The van der Waals surface area contributed by atoms with E-state index in [9.17, 15) is 9.59 Å². The van der Waals surface area contributed by atoms with Crippen LogP contribution >= 0.6 is 0 Å². The van der Waals surface area contributed by atoms with Crippen LogP contribution in [0.15, 0.2) is 48.5 Å². The maximum atomic E-state index is 12.5. The molecule has 0 bridgehead atoms. The van der Waals surface area contributed by atoms with Gasteiger partial charge in [0.05, 0.1) is 17.9 Å². The number of nitrogens with one attached hydrogen (secondary N) is 1. The molecule has 0 unspecified atom stereocenters. The maximum absolute atomic E-state index is 12.5. The topological polar surface area (TPSA) is 55.4 Å². The van der Waals surface area contributed by atoms with Gasteiger partial charge in [0.15, 0.2) is 0 Å². The lowest BCUT2D eigenvalue weighted by Gasteiger charge is -2.10. The smallest absolute Gasteiger partial charge is 0.310 e. The van der Waals surface area contributed by atoms with Crippen molar-refractivity contribution in [3.05, 3.63) is 54.1 Å². The fourth-order valence-electron chi connectivity index (χ4n) is 3.53. The molecule has 1 aliphatic carbocycles. The van der Waals surface area contributed by atoms with Gasteiger partial charge in [-0.25, -0.2) is 0 Å². The van der Waals surface area contributed by atoms with Crippen molar-refractivity contribution in [2.24, 2.45) is 5.92 Å². The number of amides is 1. The average molecular weight is 307 g/mol. The van der Waals surface area contributed by atoms with E-state index >= 15 is 0 Å². The number of hydrogen-bond acceptors (Lipinski definition) is 3. The van der Waals surface area contributed by atoms with E-state index in [0.29, 0.717) is 13.0 Å². The third-order valence-electron chi connectivity index (χ3n) is 4.79. The Morgan fingerprint density at radius 2 is 2.00 bits per heavy atom. The molecule has 0 aromatic heterocycles. The number of hydrogen-bond donors (Lipinski definition) is 1. The summed E-state index contributed by atoms with van der Waals surface area (Å²) in [5.41, 5.74) is 3.14. The van der Waals surface area contributed by atoms with Crippen LogP contribution in [0.5, 0.6) is 0 Å². The Morgan fingerprint density at radius 3 is 2.74 bits per heavy atom. The first-order valence-electron chi connectivity index (χ1n) is 7.85. The van der Waals surface area contributed by atoms with Crippen LogP contribution in [0.3, 0.4) is 0 Å². The van der Waals surface area contributed by atoms with Gasteiger partial charge in [0.2, 0.25) is 5.91 Å². The molecule has 1 aliphatic heterocycles. The first-order valence-corrected chi connectivity index (χ1v) is 7.85. The summed E-state index contributed by atoms with van der Waals surface area (Å²) in [6.07, 6.45) is 0.531. The molecule has 4 nitrogen and oxygen atoms in total. The molecule has 1 fully saturated rings. The van der Waals surface area contributed by atoms with Crippen LogP contribution in [0.1, 0.15) is 18.9 Å². The predicted octanol–water partition coefficient (Wildman–Crippen LogP) is 3.13. The molecule has 4 heteroatoms. The number of esters is 1. The lowest BCUT2D eigenvalue weighted by Crippen LogP contribution is -2.25. The fraction of sp³-hybridized carbons (Fsp3) is 0.263. The molecule has 1 saturated carbocycles. The van der Waals surface area contributed by atoms with Gasteiger partial charge in [-0.1, -0.05) is 36.4 Å². The Labute approximate surface area is 134 Å². The van der Waals surface area contributed by atoms with Gasteiger partial charge in [-0.15, -0.1) is 0 Å². The van der Waals surface area contributed by atoms with Crippen molar-refractivity contribution in [2.45, 2.75) is 18.8 Å². The second-order valence-electron chi connectivity index (χ2n) is 6.06. The number of carbonyl (C=O) groups is 2. The standard InChI is InChI=1S/C19H17NO3/c1-2-23-17(21)15-11-19(15)14-10-13(12-6-4-3-5-7-12)8-9-16(14)20-18(19)22/h3-10,15H,2,11H2,1H3,(H,20,22)/t15-,19-/m1/s1. The number of fused-ring (bicyclic) bond motifs is 2. The van der Waals surface area contributed by atoms with E-state index in [-0.39, 0.29) is 17.8 Å². The molecule has 23 heavy (non-hydrogen) atoms. The van der Waals surface area contributed by atoms with Crippen LogP contribution in [-0.4, -0.2) is 18.5 Å². The normalized spacial score (nSPS) is 24.2. The summed E-state index contributed by atoms with van der Waals surface area (Å²) in [6, 6.07) is 16.0. The highest BCUT2D eigenvalue weighted by atomic mass is 16.5. The molecule has 4 rings (SSSR count). The van der Waals surface area contributed by atoms with E-state index in [1.54, 1.807) is 6.92 Å². The molecule has 2 aliphatic rings. The molecule has 2 atom stereocenters. The second kappa shape index (κ2) is 4.95. The third kappa shape index (κ3) is 1.98. The van der Waals surface area contributed by atoms with Gasteiger partial charge in [-0.05, 0) is 42.2 Å². The van der Waals surface area contributed by atoms with Crippen molar-refractivity contribution >= 4 is 17.6 Å². The Kier molecular flexibility index (Phi) is 3.01. The van der Waals surface area contributed by atoms with Crippen molar-refractivity contribution < 1.29 is 14.3 Å². The van der Waals surface area contributed by atoms with Crippen molar-refractivity contribution in [2.75, 3.05) is 11.9 Å². The highest BCUT2D eigenvalue weighted by molar-refractivity contribution is 6.12. The Balaban J connectivity index is 1.75. The van der Waals surface area contributed by atoms with Crippen molar-refractivity contribution in [1.29, 1.82) is 0 Å². The Hall–Kier alpha value is -2.62. The summed E-state index contributed by atoms with van der Waals surface area (Å²) in [6.45, 7) is 2.12. The van der Waals surface area contributed by atoms with Crippen molar-refractivity contribution in [3.63, 3.8) is 0 Å². The largest absolute Gasteiger partial charge is 0.466 e. The van der Waals surface area contributed by atoms with Gasteiger partial charge in [0.1, 0.15) is 0 Å². The molecule has 1 amide bonds. The van der Waals surface area contributed by atoms with Gasteiger partial charge in [-0.3, -0.25) is 9.59 Å². The summed E-state index contributed by atoms with van der Waals surface area (Å²) in [5, 5.41) is 2.91. The first kappa shape index (κ1) is 14.0. The summed E-state index contributed by atoms with van der Waals surface area (Å²) in [5.74, 6) is -0.730. The van der Waals surface area contributed by atoms with Crippen molar-refractivity contribution in [1.82, 2.24) is 0 Å². The van der Waals surface area contributed by atoms with Crippen LogP contribution in [0.4, 0.5) is 5.69 Å². The number of anilines is 1. The summed E-state index contributed by atoms with van der Waals surface area (Å²) in [7, 11) is 0. The Bertz CT molecular complexity index is 800. The second-order valence-corrected chi connectivity index (χ2v) is 6.06. The van der Waals surface area contributed by atoms with Crippen LogP contribution in [0.25, 0.3) is 11.1 Å². The summed E-state index contributed by atoms with van der Waals surface area (Å²) >= 11 is 0. The molecular formula is C19H17NO3. The van der Waals surface area contributed by atoms with Gasteiger partial charge < -0.3 is 10.1 Å². The molecular weight excluding hydrogens is 290 g/mol. The number of benzene rings is 2. The van der Waals surface area contributed by atoms with E-state index in [4.69, 9.17) is 4.74 Å². The van der Waals surface area contributed by atoms with Gasteiger partial charge in [0.25, 0.3) is 0 Å². The zero-order chi connectivity index (χ0) is 16.0. The lowest BCUT2D eigenvalue weighted by atomic mass is 9.91. The third-order valence-corrected chi connectivity index (χ3v) is 4.79. The molecule has 1 heterocycles. The van der Waals surface area contributed by atoms with E-state index in [1.807, 2.05) is 48.5 Å². The van der Waals surface area contributed by atoms with Gasteiger partial charge in [0, 0.05) is 5.69 Å². The van der Waals surface area contributed by atoms with Crippen LogP contribution in [0.2, 0.25) is 0 Å². The molecule has 1 spiro atoms. The average Bonchev–Trinajstić information content (AvgIpc) is 3.27. The lowest BCUT2D eigenvalue weighted by molar-refractivity contribution is -0.146. The SMILES string of the molecule is CCOC(=O)[C@H]1C[C@]12C(=O)Nc1ccc(-c3ccccc3)cc12. The van der Waals surface area contributed by atoms with Crippen LogP contribution < -0.4 is 5.32 Å². The first-order chi connectivity index (χ1) is 11.2. The maximum Gasteiger partial charge on any atom is 0.310 e. The quantitative estimate of drug-likeness (QED) is 0.886.